The summed E-state index contributed by atoms with van der Waals surface area (Å²) < 4.78 is 0. The van der Waals surface area contributed by atoms with Crippen molar-refractivity contribution in [2.75, 3.05) is 0 Å². The van der Waals surface area contributed by atoms with E-state index in [9.17, 15) is 0 Å². The predicted octanol–water partition coefficient (Wildman–Crippen LogP) is 16.0. The standard InChI is InChI=1S/C61H48N2/c1-60(2)53-25-11-10-24-49(53)51-38-56-52(37-54(51)60)50-31-30-47(36-55(50)61(56)32-12-5-13-33-61)45-21-14-20-44(34-45)46-22-15-23-48(35-46)58-39-57(62-59(63-58)43-18-8-4-9-19-43)42-28-26-41(27-29-42)40-16-6-3-7-17-40/h3-4,6-11,14-31,34-39H,5,12-13,32-33H2,1-2H3. The van der Waals surface area contributed by atoms with Crippen molar-refractivity contribution in [3.8, 4) is 89.5 Å². The number of rotatable bonds is 6. The number of hydrogen-bond donors (Lipinski definition) is 0. The van der Waals surface area contributed by atoms with Crippen molar-refractivity contribution in [1.29, 1.82) is 0 Å². The van der Waals surface area contributed by atoms with Crippen LogP contribution < -0.4 is 0 Å². The van der Waals surface area contributed by atoms with E-state index in [1.54, 1.807) is 5.56 Å². The summed E-state index contributed by atoms with van der Waals surface area (Å²) in [5.74, 6) is 0.718. The smallest absolute Gasteiger partial charge is 0.160 e. The quantitative estimate of drug-likeness (QED) is 0.167. The van der Waals surface area contributed by atoms with Gasteiger partial charge in [0, 0.05) is 27.5 Å². The average molecular weight is 809 g/mol. The Kier molecular flexibility index (Phi) is 8.80. The van der Waals surface area contributed by atoms with Gasteiger partial charge in [-0.3, -0.25) is 0 Å². The van der Waals surface area contributed by atoms with E-state index >= 15 is 0 Å². The minimum atomic E-state index is -0.0177. The molecule has 0 saturated heterocycles. The Morgan fingerprint density at radius 1 is 0.317 bits per heavy atom. The van der Waals surface area contributed by atoms with E-state index in [0.717, 1.165) is 39.5 Å². The van der Waals surface area contributed by atoms with Gasteiger partial charge in [-0.1, -0.05) is 191 Å². The highest BCUT2D eigenvalue weighted by Gasteiger charge is 2.46. The van der Waals surface area contributed by atoms with E-state index in [1.807, 2.05) is 18.2 Å². The third kappa shape index (κ3) is 6.22. The summed E-state index contributed by atoms with van der Waals surface area (Å²) >= 11 is 0. The lowest BCUT2D eigenvalue weighted by Gasteiger charge is -2.36. The van der Waals surface area contributed by atoms with E-state index in [-0.39, 0.29) is 10.8 Å². The first kappa shape index (κ1) is 37.6. The van der Waals surface area contributed by atoms with Crippen LogP contribution >= 0.6 is 0 Å². The van der Waals surface area contributed by atoms with E-state index < -0.39 is 0 Å². The van der Waals surface area contributed by atoms with Crippen LogP contribution in [0, 0.1) is 0 Å². The fourth-order valence-corrected chi connectivity index (χ4v) is 11.2. The van der Waals surface area contributed by atoms with E-state index in [2.05, 4.69) is 190 Å². The Balaban J connectivity index is 0.909. The first-order chi connectivity index (χ1) is 30.9. The minimum absolute atomic E-state index is 0.0177. The van der Waals surface area contributed by atoms with Crippen molar-refractivity contribution in [2.45, 2.75) is 56.8 Å². The van der Waals surface area contributed by atoms with Crippen molar-refractivity contribution in [3.63, 3.8) is 0 Å². The number of aromatic nitrogens is 2. The van der Waals surface area contributed by atoms with Gasteiger partial charge in [-0.05, 0) is 127 Å². The fourth-order valence-electron chi connectivity index (χ4n) is 11.2. The van der Waals surface area contributed by atoms with Crippen molar-refractivity contribution < 1.29 is 0 Å². The lowest BCUT2D eigenvalue weighted by Crippen LogP contribution is -2.28. The Morgan fingerprint density at radius 3 is 1.51 bits per heavy atom. The van der Waals surface area contributed by atoms with Gasteiger partial charge >= 0.3 is 0 Å². The van der Waals surface area contributed by atoms with Gasteiger partial charge < -0.3 is 0 Å². The molecule has 63 heavy (non-hydrogen) atoms. The molecule has 2 heteroatoms. The summed E-state index contributed by atoms with van der Waals surface area (Å²) in [5, 5.41) is 0. The third-order valence-corrected chi connectivity index (χ3v) is 14.5. The van der Waals surface area contributed by atoms with Gasteiger partial charge in [-0.15, -0.1) is 0 Å². The van der Waals surface area contributed by atoms with Gasteiger partial charge in [0.25, 0.3) is 0 Å². The molecule has 1 heterocycles. The van der Waals surface area contributed by atoms with E-state index in [4.69, 9.17) is 9.97 Å². The molecule has 302 valence electrons. The molecular formula is C61H48N2. The molecule has 1 saturated carbocycles. The zero-order chi connectivity index (χ0) is 42.1. The Hall–Kier alpha value is -7.16. The maximum Gasteiger partial charge on any atom is 0.160 e. The predicted molar refractivity (Wildman–Crippen MR) is 262 cm³/mol. The van der Waals surface area contributed by atoms with Crippen molar-refractivity contribution in [2.24, 2.45) is 0 Å². The molecule has 0 amide bonds. The van der Waals surface area contributed by atoms with E-state index in [0.29, 0.717) is 0 Å². The summed E-state index contributed by atoms with van der Waals surface area (Å²) in [6, 6.07) is 71.3. The summed E-state index contributed by atoms with van der Waals surface area (Å²) in [7, 11) is 0. The minimum Gasteiger partial charge on any atom is -0.228 e. The SMILES string of the molecule is CC1(C)c2ccccc2-c2cc3c(cc21)-c1ccc(-c2cccc(-c4cccc(-c5cc(-c6ccc(-c7ccccc7)cc6)nc(-c6ccccc6)n5)c4)c2)cc1C31CCCCC1. The highest BCUT2D eigenvalue weighted by molar-refractivity contribution is 5.91. The number of benzene rings is 8. The largest absolute Gasteiger partial charge is 0.228 e. The van der Waals surface area contributed by atoms with Crippen LogP contribution in [0.3, 0.4) is 0 Å². The molecule has 0 N–H and O–H groups in total. The van der Waals surface area contributed by atoms with Crippen LogP contribution in [0.4, 0.5) is 0 Å². The first-order valence-corrected chi connectivity index (χ1v) is 22.7. The molecule has 1 fully saturated rings. The van der Waals surface area contributed by atoms with Crippen molar-refractivity contribution >= 4 is 0 Å². The highest BCUT2D eigenvalue weighted by Crippen LogP contribution is 2.60. The molecule has 12 rings (SSSR count). The molecule has 3 aliphatic rings. The Labute approximate surface area is 371 Å². The molecule has 3 aliphatic carbocycles. The summed E-state index contributed by atoms with van der Waals surface area (Å²) in [4.78, 5) is 10.3. The second-order valence-corrected chi connectivity index (χ2v) is 18.5. The van der Waals surface area contributed by atoms with Gasteiger partial charge in [-0.25, -0.2) is 9.97 Å². The maximum atomic E-state index is 5.18. The number of fused-ring (bicyclic) bond motifs is 8. The van der Waals surface area contributed by atoms with Gasteiger partial charge in [-0.2, -0.15) is 0 Å². The third-order valence-electron chi connectivity index (χ3n) is 14.5. The van der Waals surface area contributed by atoms with Crippen molar-refractivity contribution in [1.82, 2.24) is 9.97 Å². The summed E-state index contributed by atoms with van der Waals surface area (Å²) in [6.07, 6.45) is 6.29. The van der Waals surface area contributed by atoms with Crippen LogP contribution in [0.25, 0.3) is 89.5 Å². The second kappa shape index (κ2) is 14.7. The molecule has 8 aromatic carbocycles. The molecular weight excluding hydrogens is 761 g/mol. The summed E-state index contributed by atoms with van der Waals surface area (Å²) in [6.45, 7) is 4.81. The van der Waals surface area contributed by atoms with Crippen LogP contribution in [0.2, 0.25) is 0 Å². The number of hydrogen-bond acceptors (Lipinski definition) is 2. The second-order valence-electron chi connectivity index (χ2n) is 18.5. The molecule has 0 radical (unpaired) electrons. The van der Waals surface area contributed by atoms with Crippen LogP contribution in [0.1, 0.15) is 68.2 Å². The van der Waals surface area contributed by atoms with Crippen LogP contribution in [0.5, 0.6) is 0 Å². The topological polar surface area (TPSA) is 25.8 Å². The zero-order valence-corrected chi connectivity index (χ0v) is 35.9. The Bertz CT molecular complexity index is 3210. The maximum absolute atomic E-state index is 5.18. The van der Waals surface area contributed by atoms with Crippen LogP contribution in [-0.2, 0) is 10.8 Å². The molecule has 0 atom stereocenters. The number of nitrogens with zero attached hydrogens (tertiary/aromatic N) is 2. The van der Waals surface area contributed by atoms with Gasteiger partial charge in [0.2, 0.25) is 0 Å². The Morgan fingerprint density at radius 2 is 0.794 bits per heavy atom. The first-order valence-electron chi connectivity index (χ1n) is 22.7. The average Bonchev–Trinajstić information content (AvgIpc) is 3.74. The highest BCUT2D eigenvalue weighted by atomic mass is 14.9. The molecule has 9 aromatic rings. The molecule has 0 bridgehead atoms. The van der Waals surface area contributed by atoms with Gasteiger partial charge in [0.1, 0.15) is 0 Å². The van der Waals surface area contributed by atoms with Crippen LogP contribution in [0.15, 0.2) is 194 Å². The molecule has 0 aliphatic heterocycles. The molecule has 1 aromatic heterocycles. The van der Waals surface area contributed by atoms with Crippen LogP contribution in [-0.4, -0.2) is 9.97 Å². The molecule has 1 spiro atoms. The lowest BCUT2D eigenvalue weighted by molar-refractivity contribution is 0.353. The van der Waals surface area contributed by atoms with E-state index in [1.165, 1.54) is 98.9 Å². The normalized spacial score (nSPS) is 15.1. The zero-order valence-electron chi connectivity index (χ0n) is 35.9. The monoisotopic (exact) mass is 808 g/mol. The van der Waals surface area contributed by atoms with Gasteiger partial charge in [0.05, 0.1) is 11.4 Å². The lowest BCUT2D eigenvalue weighted by atomic mass is 9.67. The molecule has 2 nitrogen and oxygen atoms in total. The van der Waals surface area contributed by atoms with Crippen molar-refractivity contribution in [3.05, 3.63) is 216 Å². The fraction of sp³-hybridized carbons (Fsp3) is 0.148. The van der Waals surface area contributed by atoms with Gasteiger partial charge in [0.15, 0.2) is 5.82 Å². The summed E-state index contributed by atoms with van der Waals surface area (Å²) in [5.41, 5.74) is 24.0. The molecule has 0 unspecified atom stereocenters.